The summed E-state index contributed by atoms with van der Waals surface area (Å²) in [4.78, 5) is 7.26. The number of hydrogen-bond donors (Lipinski definition) is 0. The van der Waals surface area contributed by atoms with Gasteiger partial charge in [-0.2, -0.15) is 57.1 Å². The van der Waals surface area contributed by atoms with Crippen LogP contribution in [0.5, 0.6) is 0 Å². The number of thiophene rings is 6. The van der Waals surface area contributed by atoms with Crippen LogP contribution in [0.4, 0.5) is 57.1 Å². The highest BCUT2D eigenvalue weighted by Crippen LogP contribution is 2.63. The molecule has 0 N–H and O–H groups in total. The molecule has 0 saturated heterocycles. The highest BCUT2D eigenvalue weighted by molar-refractivity contribution is 7.30. The van der Waals surface area contributed by atoms with E-state index in [2.05, 4.69) is 45.0 Å². The van der Waals surface area contributed by atoms with E-state index in [0.29, 0.717) is 10.8 Å². The van der Waals surface area contributed by atoms with Crippen LogP contribution >= 0.6 is 68.0 Å². The summed E-state index contributed by atoms with van der Waals surface area (Å²) in [5, 5.41) is 0. The molecule has 1 atom stereocenters. The molecule has 1 unspecified atom stereocenters. The van der Waals surface area contributed by atoms with Gasteiger partial charge in [-0.1, -0.05) is 46.5 Å². The van der Waals surface area contributed by atoms with Crippen molar-refractivity contribution in [3.63, 3.8) is 0 Å². The van der Waals surface area contributed by atoms with E-state index in [4.69, 9.17) is 0 Å². The average Bonchev–Trinajstić information content (AvgIpc) is 4.00. The van der Waals surface area contributed by atoms with Crippen molar-refractivity contribution in [1.82, 2.24) is 0 Å². The Morgan fingerprint density at radius 3 is 1.15 bits per heavy atom. The molecule has 60 heavy (non-hydrogen) atoms. The summed E-state index contributed by atoms with van der Waals surface area (Å²) >= 11 is 7.33. The molecule has 0 radical (unpaired) electrons. The first-order chi connectivity index (χ1) is 27.9. The Morgan fingerprint density at radius 2 is 0.733 bits per heavy atom. The minimum Gasteiger partial charge on any atom is -0.193 e. The number of hydrogen-bond acceptors (Lipinski definition) is 6. The fourth-order valence-electron chi connectivity index (χ4n) is 6.20. The average molecular weight is 967 g/mol. The minimum absolute atomic E-state index is 0.183. The maximum absolute atomic E-state index is 14.8. The van der Waals surface area contributed by atoms with Gasteiger partial charge in [-0.15, -0.1) is 68.0 Å². The van der Waals surface area contributed by atoms with Gasteiger partial charge in [0.1, 0.15) is 0 Å². The highest BCUT2D eigenvalue weighted by Gasteiger charge is 2.91. The summed E-state index contributed by atoms with van der Waals surface area (Å²) in [6, 6.07) is 20.4. The smallest absolute Gasteiger partial charge is 0.193 e. The van der Waals surface area contributed by atoms with Crippen LogP contribution in [0.25, 0.3) is 48.8 Å². The third-order valence-electron chi connectivity index (χ3n) is 9.76. The molecule has 0 amide bonds. The largest absolute Gasteiger partial charge is 0.460 e. The Balaban J connectivity index is 1.10. The monoisotopic (exact) mass is 966 g/mol. The van der Waals surface area contributed by atoms with Crippen molar-refractivity contribution in [2.75, 3.05) is 0 Å². The molecule has 0 fully saturated rings. The fraction of sp³-hybridized carbons (Fsp3) is 0.415. The zero-order chi connectivity index (χ0) is 44.1. The van der Waals surface area contributed by atoms with Crippen LogP contribution in [-0.2, 0) is 12.3 Å². The summed E-state index contributed by atoms with van der Waals surface area (Å²) in [5.41, 5.74) is 0. The molecule has 19 heteroatoms. The number of unbranched alkanes of at least 4 members (excludes halogenated alkanes) is 1. The molecule has 6 aromatic rings. The lowest BCUT2D eigenvalue weighted by Crippen LogP contribution is -2.69. The Kier molecular flexibility index (Phi) is 13.6. The lowest BCUT2D eigenvalue weighted by Gasteiger charge is -2.39. The molecule has 0 nitrogen and oxygen atoms in total. The van der Waals surface area contributed by atoms with Crippen LogP contribution in [-0.4, -0.2) is 29.9 Å². The van der Waals surface area contributed by atoms with Crippen molar-refractivity contribution in [3.8, 4) is 48.8 Å². The maximum Gasteiger partial charge on any atom is 0.460 e. The molecule has 0 saturated carbocycles. The van der Waals surface area contributed by atoms with E-state index in [1.807, 2.05) is 35.6 Å². The van der Waals surface area contributed by atoms with E-state index in [9.17, 15) is 57.1 Å². The van der Waals surface area contributed by atoms with Crippen molar-refractivity contribution in [1.29, 1.82) is 0 Å². The molecule has 0 spiro atoms. The second-order valence-electron chi connectivity index (χ2n) is 14.8. The Hall–Kier alpha value is -2.71. The third kappa shape index (κ3) is 9.04. The molecule has 0 bridgehead atoms. The van der Waals surface area contributed by atoms with Gasteiger partial charge in [-0.25, -0.2) is 0 Å². The van der Waals surface area contributed by atoms with E-state index >= 15 is 0 Å². The topological polar surface area (TPSA) is 0 Å². The standard InChI is InChI=1S/C41H35F13S6/c1-22(2)6-4-5-7-23(3)8-9-24-10-11-25(55-24)26-12-13-27(56-26)28-14-15-29(57-28)30-16-17-31(58-30)32-18-19-33(59-32)34-20-21-35(60-34)36(42,43)37(44,45)38(46,47)39(48,49)40(50,51)41(52,53)54/h10-23H,4-9H2,1-3H3. The van der Waals surface area contributed by atoms with Gasteiger partial charge in [0, 0.05) is 53.6 Å². The van der Waals surface area contributed by atoms with Gasteiger partial charge in [0.25, 0.3) is 0 Å². The van der Waals surface area contributed by atoms with Crippen LogP contribution in [0.3, 0.4) is 0 Å². The summed E-state index contributed by atoms with van der Waals surface area (Å²) in [6.45, 7) is 6.85. The number of halogens is 13. The molecule has 6 rings (SSSR count). The Labute approximate surface area is 361 Å². The Bertz CT molecular complexity index is 2350. The van der Waals surface area contributed by atoms with Gasteiger partial charge in [0.05, 0.1) is 4.88 Å². The van der Waals surface area contributed by atoms with Crippen LogP contribution in [0.2, 0.25) is 0 Å². The van der Waals surface area contributed by atoms with Crippen LogP contribution in [0.1, 0.15) is 62.6 Å². The van der Waals surface area contributed by atoms with Crippen LogP contribution < -0.4 is 0 Å². The van der Waals surface area contributed by atoms with E-state index in [0.717, 1.165) is 54.1 Å². The lowest BCUT2D eigenvalue weighted by atomic mass is 9.93. The molecular formula is C41H35F13S6. The van der Waals surface area contributed by atoms with Crippen molar-refractivity contribution < 1.29 is 57.1 Å². The first kappa shape index (κ1) is 46.8. The van der Waals surface area contributed by atoms with E-state index < -0.39 is 40.7 Å². The number of rotatable bonds is 18. The quantitative estimate of drug-likeness (QED) is 0.0595. The highest BCUT2D eigenvalue weighted by atomic mass is 32.1. The third-order valence-corrected chi connectivity index (χ3v) is 17.4. The summed E-state index contributed by atoms with van der Waals surface area (Å²) < 4.78 is 178. The zero-order valence-electron chi connectivity index (χ0n) is 31.7. The summed E-state index contributed by atoms with van der Waals surface area (Å²) in [5.74, 6) is -35.8. The summed E-state index contributed by atoms with van der Waals surface area (Å²) in [7, 11) is 0. The van der Waals surface area contributed by atoms with Gasteiger partial charge in [-0.05, 0) is 97.5 Å². The lowest BCUT2D eigenvalue weighted by molar-refractivity contribution is -0.441. The van der Waals surface area contributed by atoms with Gasteiger partial charge in [0.2, 0.25) is 0 Å². The first-order valence-corrected chi connectivity index (χ1v) is 23.3. The molecule has 6 aromatic heterocycles. The predicted molar refractivity (Wildman–Crippen MR) is 221 cm³/mol. The second-order valence-corrected chi connectivity index (χ2v) is 21.4. The molecule has 0 aliphatic heterocycles. The van der Waals surface area contributed by atoms with Gasteiger partial charge in [-0.3, -0.25) is 0 Å². The molecule has 6 heterocycles. The van der Waals surface area contributed by atoms with E-state index in [1.165, 1.54) is 64.1 Å². The number of aryl methyl sites for hydroxylation is 1. The molecule has 0 aliphatic carbocycles. The molecule has 0 aliphatic rings. The van der Waals surface area contributed by atoms with Gasteiger partial charge >= 0.3 is 35.8 Å². The Morgan fingerprint density at radius 1 is 0.383 bits per heavy atom. The van der Waals surface area contributed by atoms with Crippen LogP contribution in [0.15, 0.2) is 72.8 Å². The first-order valence-electron chi connectivity index (χ1n) is 18.4. The van der Waals surface area contributed by atoms with Crippen molar-refractivity contribution in [3.05, 3.63) is 82.6 Å². The maximum atomic E-state index is 14.8. The van der Waals surface area contributed by atoms with Gasteiger partial charge in [0.15, 0.2) is 0 Å². The van der Waals surface area contributed by atoms with Crippen molar-refractivity contribution in [2.24, 2.45) is 11.8 Å². The fourth-order valence-corrected chi connectivity index (χ4v) is 12.7. The van der Waals surface area contributed by atoms with Crippen molar-refractivity contribution in [2.45, 2.75) is 95.1 Å². The van der Waals surface area contributed by atoms with Gasteiger partial charge < -0.3 is 0 Å². The predicted octanol–water partition coefficient (Wildman–Crippen LogP) is 18.4. The summed E-state index contributed by atoms with van der Waals surface area (Å²) in [6.07, 6.45) is -0.121. The molecular weight excluding hydrogens is 932 g/mol. The normalized spacial score (nSPS) is 14.2. The minimum atomic E-state index is -7.94. The molecule has 0 aromatic carbocycles. The van der Waals surface area contributed by atoms with Crippen LogP contribution in [0, 0.1) is 11.8 Å². The number of alkyl halides is 13. The SMILES string of the molecule is CC(C)CCCCC(C)CCc1ccc(-c2ccc(-c3ccc(-c4ccc(-c5ccc(-c6ccc(C(F)(F)C(F)(F)C(F)(F)C(F)(F)C(F)(F)C(F)(F)F)s6)s5)s4)s3)s2)s1. The molecule has 326 valence electrons. The second kappa shape index (κ2) is 17.5. The van der Waals surface area contributed by atoms with Crippen molar-refractivity contribution >= 4 is 68.0 Å². The van der Waals surface area contributed by atoms with E-state index in [-0.39, 0.29) is 27.2 Å². The zero-order valence-corrected chi connectivity index (χ0v) is 36.6. The van der Waals surface area contributed by atoms with E-state index in [1.54, 1.807) is 28.7 Å².